The van der Waals surface area contributed by atoms with Crippen molar-refractivity contribution in [3.63, 3.8) is 0 Å². The van der Waals surface area contributed by atoms with Gasteiger partial charge in [0.15, 0.2) is 0 Å². The Kier molecular flexibility index (Phi) is 12.6. The number of hydrogen-bond acceptors (Lipinski definition) is 3. The molecule has 0 aromatic heterocycles. The lowest BCUT2D eigenvalue weighted by molar-refractivity contribution is -0.0827. The number of rotatable bonds is 12. The van der Waals surface area contributed by atoms with Gasteiger partial charge in [-0.1, -0.05) is 32.6 Å². The lowest BCUT2D eigenvalue weighted by Gasteiger charge is -2.18. The standard InChI is InChI=1S/C13H30NO2Si/c1-4-7-8-9-10-12(14)11-17-13(15-5-2)16-6-3/h13H,4-11,14,17H2,1-3H3. The summed E-state index contributed by atoms with van der Waals surface area (Å²) in [6, 6.07) is 2.20. The molecular formula is C13H30NO2Si. The van der Waals surface area contributed by atoms with E-state index in [9.17, 15) is 0 Å². The van der Waals surface area contributed by atoms with E-state index in [1.54, 1.807) is 0 Å². The third-order valence-electron chi connectivity index (χ3n) is 2.76. The van der Waals surface area contributed by atoms with E-state index < -0.39 is 9.52 Å². The van der Waals surface area contributed by atoms with Crippen molar-refractivity contribution < 1.29 is 9.47 Å². The van der Waals surface area contributed by atoms with Crippen LogP contribution >= 0.6 is 0 Å². The van der Waals surface area contributed by atoms with Crippen LogP contribution in [-0.4, -0.2) is 28.6 Å². The van der Waals surface area contributed by atoms with Gasteiger partial charge in [0.1, 0.15) is 5.91 Å². The maximum atomic E-state index is 6.04. The van der Waals surface area contributed by atoms with E-state index in [4.69, 9.17) is 15.2 Å². The quantitative estimate of drug-likeness (QED) is 0.333. The van der Waals surface area contributed by atoms with Crippen LogP contribution in [0.2, 0.25) is 6.04 Å². The zero-order chi connectivity index (χ0) is 12.9. The van der Waals surface area contributed by atoms with Gasteiger partial charge in [0, 0.05) is 19.3 Å². The molecule has 0 aromatic rings. The van der Waals surface area contributed by atoms with E-state index in [-0.39, 0.29) is 5.91 Å². The molecule has 0 aliphatic rings. The maximum absolute atomic E-state index is 6.04. The van der Waals surface area contributed by atoms with Crippen LogP contribution in [0.25, 0.3) is 0 Å². The lowest BCUT2D eigenvalue weighted by Crippen LogP contribution is -2.27. The van der Waals surface area contributed by atoms with Gasteiger partial charge in [-0.3, -0.25) is 0 Å². The fraction of sp³-hybridized carbons (Fsp3) is 0.923. The zero-order valence-corrected chi connectivity index (χ0v) is 13.2. The zero-order valence-electron chi connectivity index (χ0n) is 11.8. The molecule has 2 N–H and O–H groups in total. The highest BCUT2D eigenvalue weighted by molar-refractivity contribution is 6.37. The highest BCUT2D eigenvalue weighted by Crippen LogP contribution is 2.12. The van der Waals surface area contributed by atoms with Crippen molar-refractivity contribution in [3.8, 4) is 0 Å². The fourth-order valence-electron chi connectivity index (χ4n) is 1.79. The Morgan fingerprint density at radius 1 is 1.06 bits per heavy atom. The van der Waals surface area contributed by atoms with Gasteiger partial charge in [-0.25, -0.2) is 0 Å². The predicted octanol–water partition coefficient (Wildman–Crippen LogP) is 2.39. The van der Waals surface area contributed by atoms with Gasteiger partial charge in [0.2, 0.25) is 0 Å². The van der Waals surface area contributed by atoms with Crippen molar-refractivity contribution in [1.29, 1.82) is 0 Å². The molecule has 0 amide bonds. The first-order valence-corrected chi connectivity index (χ1v) is 8.89. The first kappa shape index (κ1) is 17.1. The van der Waals surface area contributed by atoms with E-state index in [1.807, 2.05) is 13.8 Å². The minimum atomic E-state index is -0.390. The van der Waals surface area contributed by atoms with Crippen LogP contribution < -0.4 is 5.73 Å². The van der Waals surface area contributed by atoms with Crippen molar-refractivity contribution in [2.75, 3.05) is 13.2 Å². The third kappa shape index (κ3) is 10.9. The highest BCUT2D eigenvalue weighted by atomic mass is 28.2. The molecule has 4 heteroatoms. The first-order valence-electron chi connectivity index (χ1n) is 7.07. The predicted molar refractivity (Wildman–Crippen MR) is 76.6 cm³/mol. The second-order valence-corrected chi connectivity index (χ2v) is 6.09. The summed E-state index contributed by atoms with van der Waals surface area (Å²) in [7, 11) is -0.390. The summed E-state index contributed by atoms with van der Waals surface area (Å²) in [4.78, 5) is 0. The summed E-state index contributed by atoms with van der Waals surface area (Å²) in [5, 5.41) is 0. The van der Waals surface area contributed by atoms with Gasteiger partial charge in [0.25, 0.3) is 0 Å². The second kappa shape index (κ2) is 12.6. The lowest BCUT2D eigenvalue weighted by atomic mass is 10.1. The smallest absolute Gasteiger partial charge is 0.134 e. The van der Waals surface area contributed by atoms with Crippen LogP contribution in [0.1, 0.15) is 52.9 Å². The molecule has 3 nitrogen and oxygen atoms in total. The summed E-state index contributed by atoms with van der Waals surface area (Å²) in [6.45, 7) is 7.72. The Bertz CT molecular complexity index is 152. The Morgan fingerprint density at radius 3 is 2.24 bits per heavy atom. The maximum Gasteiger partial charge on any atom is 0.134 e. The molecule has 0 rings (SSSR count). The number of unbranched alkanes of at least 4 members (excludes halogenated alkanes) is 3. The van der Waals surface area contributed by atoms with E-state index in [1.165, 1.54) is 25.7 Å². The molecular weight excluding hydrogens is 230 g/mol. The summed E-state index contributed by atoms with van der Waals surface area (Å²) in [5.41, 5.74) is 6.04. The van der Waals surface area contributed by atoms with Crippen LogP contribution in [-0.2, 0) is 9.47 Å². The molecule has 0 aliphatic carbocycles. The molecule has 0 bridgehead atoms. The Balaban J connectivity index is 3.53. The molecule has 1 radical (unpaired) electrons. The van der Waals surface area contributed by atoms with Gasteiger partial charge in [-0.05, 0) is 26.3 Å². The van der Waals surface area contributed by atoms with Crippen molar-refractivity contribution >= 4 is 9.52 Å². The van der Waals surface area contributed by atoms with Gasteiger partial charge < -0.3 is 15.2 Å². The van der Waals surface area contributed by atoms with Crippen LogP contribution in [0.5, 0.6) is 0 Å². The molecule has 0 saturated heterocycles. The van der Waals surface area contributed by atoms with Crippen LogP contribution in [0.15, 0.2) is 0 Å². The second-order valence-electron chi connectivity index (χ2n) is 4.35. The Hall–Kier alpha value is 0.0969. The van der Waals surface area contributed by atoms with Crippen molar-refractivity contribution in [1.82, 2.24) is 0 Å². The summed E-state index contributed by atoms with van der Waals surface area (Å²) < 4.78 is 11.1. The van der Waals surface area contributed by atoms with Crippen LogP contribution in [0.4, 0.5) is 0 Å². The largest absolute Gasteiger partial charge is 0.357 e. The van der Waals surface area contributed by atoms with E-state index in [0.717, 1.165) is 31.7 Å². The molecule has 0 spiro atoms. The topological polar surface area (TPSA) is 44.5 Å². The van der Waals surface area contributed by atoms with E-state index in [0.29, 0.717) is 0 Å². The highest BCUT2D eigenvalue weighted by Gasteiger charge is 2.12. The fourth-order valence-corrected chi connectivity index (χ4v) is 3.45. The first-order chi connectivity index (χ1) is 8.24. The van der Waals surface area contributed by atoms with E-state index >= 15 is 0 Å². The van der Waals surface area contributed by atoms with Gasteiger partial charge >= 0.3 is 0 Å². The Labute approximate surface area is 109 Å². The molecule has 0 aromatic carbocycles. The van der Waals surface area contributed by atoms with Crippen LogP contribution in [0.3, 0.4) is 0 Å². The number of nitrogens with two attached hydrogens (primary N) is 1. The molecule has 0 saturated carbocycles. The van der Waals surface area contributed by atoms with Crippen molar-refractivity contribution in [3.05, 3.63) is 6.04 Å². The summed E-state index contributed by atoms with van der Waals surface area (Å²) >= 11 is 0. The van der Waals surface area contributed by atoms with Crippen molar-refractivity contribution in [2.24, 2.45) is 5.73 Å². The molecule has 0 aliphatic heterocycles. The molecule has 0 heterocycles. The average molecular weight is 260 g/mol. The monoisotopic (exact) mass is 260 g/mol. The molecule has 0 atom stereocenters. The third-order valence-corrected chi connectivity index (χ3v) is 4.63. The van der Waals surface area contributed by atoms with E-state index in [2.05, 4.69) is 6.92 Å². The van der Waals surface area contributed by atoms with Gasteiger partial charge in [-0.2, -0.15) is 0 Å². The molecule has 103 valence electrons. The SMILES string of the molecule is CCCCCC[C](N)C[SiH2]C(OCC)OCC. The Morgan fingerprint density at radius 2 is 1.71 bits per heavy atom. The normalized spacial score (nSPS) is 12.4. The van der Waals surface area contributed by atoms with Gasteiger partial charge in [-0.15, -0.1) is 0 Å². The summed E-state index contributed by atoms with van der Waals surface area (Å²) in [6.07, 6.45) is 6.23. The van der Waals surface area contributed by atoms with Crippen molar-refractivity contribution in [2.45, 2.75) is 64.8 Å². The number of ether oxygens (including phenoxy) is 2. The molecule has 17 heavy (non-hydrogen) atoms. The number of hydrogen-bond donors (Lipinski definition) is 1. The molecule has 0 fully saturated rings. The molecule has 0 unspecified atom stereocenters. The van der Waals surface area contributed by atoms with Gasteiger partial charge in [0.05, 0.1) is 9.52 Å². The minimum Gasteiger partial charge on any atom is -0.357 e. The van der Waals surface area contributed by atoms with Crippen LogP contribution in [0, 0.1) is 6.04 Å². The minimum absolute atomic E-state index is 0.0548. The average Bonchev–Trinajstić information content (AvgIpc) is 2.32. The summed E-state index contributed by atoms with van der Waals surface area (Å²) in [5.74, 6) is 0.0548.